The first-order chi connectivity index (χ1) is 20.4. The number of rotatable bonds is 7. The first kappa shape index (κ1) is 30.9. The number of aliphatic hydroxyl groups excluding tert-OH is 6. The van der Waals surface area contributed by atoms with Gasteiger partial charge >= 0.3 is 0 Å². The van der Waals surface area contributed by atoms with Gasteiger partial charge < -0.3 is 69.0 Å². The number of phenols is 2. The van der Waals surface area contributed by atoms with Crippen LogP contribution in [0.5, 0.6) is 23.0 Å². The van der Waals surface area contributed by atoms with Crippen LogP contribution in [0.25, 0.3) is 22.3 Å². The van der Waals surface area contributed by atoms with Crippen molar-refractivity contribution in [2.45, 2.75) is 68.3 Å². The fourth-order valence-corrected chi connectivity index (χ4v) is 5.04. The minimum atomic E-state index is -1.82. The van der Waals surface area contributed by atoms with Crippen LogP contribution in [0.1, 0.15) is 6.92 Å². The van der Waals surface area contributed by atoms with Crippen molar-refractivity contribution in [1.82, 2.24) is 0 Å². The Morgan fingerprint density at radius 3 is 2.19 bits per heavy atom. The predicted molar refractivity (Wildman–Crippen MR) is 143 cm³/mol. The summed E-state index contributed by atoms with van der Waals surface area (Å²) in [6.45, 7) is 0.743. The number of fused-ring (bicyclic) bond motifs is 1. The van der Waals surface area contributed by atoms with Crippen molar-refractivity contribution in [2.75, 3.05) is 13.7 Å². The number of methoxy groups -OCH3 is 1. The molecule has 10 atom stereocenters. The molecule has 43 heavy (non-hydrogen) atoms. The molecule has 2 fully saturated rings. The van der Waals surface area contributed by atoms with Crippen LogP contribution in [0.15, 0.2) is 45.6 Å². The molecule has 15 nitrogen and oxygen atoms in total. The van der Waals surface area contributed by atoms with Crippen molar-refractivity contribution in [3.05, 3.63) is 46.6 Å². The van der Waals surface area contributed by atoms with Crippen LogP contribution in [0.2, 0.25) is 0 Å². The van der Waals surface area contributed by atoms with Crippen molar-refractivity contribution in [2.24, 2.45) is 0 Å². The van der Waals surface area contributed by atoms with Crippen LogP contribution in [0.4, 0.5) is 0 Å². The van der Waals surface area contributed by atoms with Gasteiger partial charge in [0.25, 0.3) is 0 Å². The molecule has 0 saturated carbocycles. The maximum Gasteiger partial charge on any atom is 0.229 e. The van der Waals surface area contributed by atoms with E-state index in [1.54, 1.807) is 0 Å². The van der Waals surface area contributed by atoms with Gasteiger partial charge in [0.1, 0.15) is 65.2 Å². The molecular formula is C28H32O15. The van der Waals surface area contributed by atoms with E-state index in [0.29, 0.717) is 5.56 Å². The smallest absolute Gasteiger partial charge is 0.229 e. The van der Waals surface area contributed by atoms with E-state index in [2.05, 4.69) is 0 Å². The van der Waals surface area contributed by atoms with Gasteiger partial charge in [-0.3, -0.25) is 4.79 Å². The number of ether oxygens (including phenoxy) is 5. The zero-order valence-corrected chi connectivity index (χ0v) is 22.9. The molecule has 3 aromatic rings. The van der Waals surface area contributed by atoms with E-state index in [1.807, 2.05) is 0 Å². The van der Waals surface area contributed by atoms with Gasteiger partial charge in [0.15, 0.2) is 23.2 Å². The first-order valence-electron chi connectivity index (χ1n) is 13.3. The minimum absolute atomic E-state index is 0.0197. The maximum atomic E-state index is 13.0. The molecule has 2 saturated heterocycles. The average Bonchev–Trinajstić information content (AvgIpc) is 2.98. The molecule has 0 aliphatic carbocycles. The molecule has 0 amide bonds. The van der Waals surface area contributed by atoms with Gasteiger partial charge in [-0.2, -0.15) is 0 Å². The summed E-state index contributed by atoms with van der Waals surface area (Å²) in [6, 6.07) is 8.34. The topological polar surface area (TPSA) is 238 Å². The third-order valence-corrected chi connectivity index (χ3v) is 7.44. The molecule has 234 valence electrons. The second-order valence-electron chi connectivity index (χ2n) is 10.3. The van der Waals surface area contributed by atoms with Crippen LogP contribution in [-0.4, -0.2) is 116 Å². The van der Waals surface area contributed by atoms with Crippen LogP contribution in [-0.2, 0) is 14.2 Å². The highest BCUT2D eigenvalue weighted by atomic mass is 16.7. The Morgan fingerprint density at radius 1 is 0.860 bits per heavy atom. The second-order valence-corrected chi connectivity index (χ2v) is 10.3. The van der Waals surface area contributed by atoms with E-state index in [1.165, 1.54) is 44.4 Å². The van der Waals surface area contributed by atoms with Crippen molar-refractivity contribution in [3.8, 4) is 34.3 Å². The highest BCUT2D eigenvalue weighted by Crippen LogP contribution is 2.44. The lowest BCUT2D eigenvalue weighted by Gasteiger charge is -2.45. The number of benzene rings is 2. The summed E-state index contributed by atoms with van der Waals surface area (Å²) >= 11 is 0. The molecule has 0 bridgehead atoms. The number of hydrogen-bond acceptors (Lipinski definition) is 15. The maximum absolute atomic E-state index is 13.0. The SMILES string of the molecule is COc1cc2oc(-c3ccc(O)cc3)cc(=O)c2c(O)c1O[C@@H]1O[C@@H](C)[C@H](O[C@@H]2O[C@H](CO)[C@@H](O)[C@H](O)[C@H]2O)[C@@H](O)[C@H]1O. The van der Waals surface area contributed by atoms with E-state index in [9.17, 15) is 45.6 Å². The molecule has 2 aromatic carbocycles. The second kappa shape index (κ2) is 12.2. The lowest BCUT2D eigenvalue weighted by Crippen LogP contribution is -2.64. The van der Waals surface area contributed by atoms with Crippen LogP contribution >= 0.6 is 0 Å². The predicted octanol–water partition coefficient (Wildman–Crippen LogP) is -1.09. The monoisotopic (exact) mass is 608 g/mol. The van der Waals surface area contributed by atoms with Gasteiger partial charge in [0.2, 0.25) is 12.0 Å². The van der Waals surface area contributed by atoms with Gasteiger partial charge in [-0.1, -0.05) is 0 Å². The summed E-state index contributed by atoms with van der Waals surface area (Å²) in [5.41, 5.74) is -0.206. The highest BCUT2D eigenvalue weighted by Gasteiger charge is 2.50. The Hall–Kier alpha value is -3.51. The largest absolute Gasteiger partial charge is 0.508 e. The van der Waals surface area contributed by atoms with E-state index in [4.69, 9.17) is 28.1 Å². The van der Waals surface area contributed by atoms with Crippen molar-refractivity contribution in [3.63, 3.8) is 0 Å². The first-order valence-corrected chi connectivity index (χ1v) is 13.3. The number of aromatic hydroxyl groups is 2. The lowest BCUT2D eigenvalue weighted by molar-refractivity contribution is -0.349. The van der Waals surface area contributed by atoms with E-state index >= 15 is 0 Å². The van der Waals surface area contributed by atoms with E-state index in [-0.39, 0.29) is 28.2 Å². The summed E-state index contributed by atoms with van der Waals surface area (Å²) in [4.78, 5) is 13.0. The Labute approximate surface area is 243 Å². The van der Waals surface area contributed by atoms with Gasteiger partial charge in [-0.25, -0.2) is 0 Å². The molecule has 2 aliphatic rings. The fraction of sp³-hybridized carbons (Fsp3) is 0.464. The minimum Gasteiger partial charge on any atom is -0.508 e. The lowest BCUT2D eigenvalue weighted by atomic mass is 9.97. The zero-order chi connectivity index (χ0) is 31.2. The third kappa shape index (κ3) is 5.74. The molecule has 2 aliphatic heterocycles. The Kier molecular flexibility index (Phi) is 8.80. The molecule has 0 radical (unpaired) electrons. The summed E-state index contributed by atoms with van der Waals surface area (Å²) in [5.74, 6) is -1.00. The third-order valence-electron chi connectivity index (χ3n) is 7.44. The summed E-state index contributed by atoms with van der Waals surface area (Å²) in [7, 11) is 1.26. The van der Waals surface area contributed by atoms with Crippen molar-refractivity contribution in [1.29, 1.82) is 0 Å². The van der Waals surface area contributed by atoms with Gasteiger partial charge in [-0.05, 0) is 31.2 Å². The fourth-order valence-electron chi connectivity index (χ4n) is 5.04. The molecule has 8 N–H and O–H groups in total. The number of aliphatic hydroxyl groups is 6. The van der Waals surface area contributed by atoms with Gasteiger partial charge in [0.05, 0.1) is 19.8 Å². The highest BCUT2D eigenvalue weighted by molar-refractivity contribution is 5.89. The quantitative estimate of drug-likeness (QED) is 0.159. The Morgan fingerprint density at radius 2 is 1.53 bits per heavy atom. The van der Waals surface area contributed by atoms with Gasteiger partial charge in [-0.15, -0.1) is 0 Å². The van der Waals surface area contributed by atoms with Crippen LogP contribution < -0.4 is 14.9 Å². The summed E-state index contributed by atoms with van der Waals surface area (Å²) in [5, 5.41) is 81.8. The molecule has 3 heterocycles. The molecular weight excluding hydrogens is 576 g/mol. The van der Waals surface area contributed by atoms with E-state index in [0.717, 1.165) is 6.07 Å². The molecule has 5 rings (SSSR count). The summed E-state index contributed by atoms with van der Waals surface area (Å²) in [6.07, 6.45) is -15.6. The molecule has 1 aromatic heterocycles. The number of hydrogen-bond donors (Lipinski definition) is 8. The molecule has 0 unspecified atom stereocenters. The zero-order valence-electron chi connectivity index (χ0n) is 22.9. The number of phenolic OH excluding ortho intramolecular Hbond substituents is 2. The van der Waals surface area contributed by atoms with E-state index < -0.39 is 84.9 Å². The Balaban J connectivity index is 1.39. The van der Waals surface area contributed by atoms with Gasteiger partial charge in [0, 0.05) is 17.7 Å². The Bertz CT molecular complexity index is 1490. The van der Waals surface area contributed by atoms with Crippen LogP contribution in [0, 0.1) is 0 Å². The summed E-state index contributed by atoms with van der Waals surface area (Å²) < 4.78 is 33.5. The molecule has 15 heteroatoms. The van der Waals surface area contributed by atoms with Crippen molar-refractivity contribution < 1.29 is 69.0 Å². The standard InChI is InChI=1S/C28H32O15/c1-10-25(42-28-23(36)21(34)19(32)17(9-29)41-28)22(35)24(37)27(39-10)43-26-16(38-2)8-15-18(20(26)33)13(31)7-14(40-15)11-3-5-12(30)6-4-11/h3-8,10,17,19,21-25,27-30,32-37H,9H2,1-2H3/t10-,17+,19+,21-,22-,23+,24+,25-,27-,28-/m0/s1. The van der Waals surface area contributed by atoms with Crippen LogP contribution in [0.3, 0.4) is 0 Å². The normalized spacial score (nSPS) is 32.9. The molecule has 0 spiro atoms. The van der Waals surface area contributed by atoms with Crippen molar-refractivity contribution >= 4 is 11.0 Å². The average molecular weight is 609 g/mol.